The van der Waals surface area contributed by atoms with Crippen molar-refractivity contribution in [2.24, 2.45) is 11.7 Å². The standard InChI is InChI=1S/C21H26N4O3/c22-12-21-8-13(9-21)6-7-24(21)10-14-2-1-3-15-16(14)11-25(20(15)28)17-4-5-18(26)23-19(17)27/h1-3,13,17H,4-12,22H2,(H,23,26,27). The van der Waals surface area contributed by atoms with E-state index in [1.165, 1.54) is 19.3 Å². The van der Waals surface area contributed by atoms with E-state index < -0.39 is 6.04 Å². The second kappa shape index (κ2) is 6.39. The number of piperidine rings is 3. The SMILES string of the molecule is NCC12CC(CCN1Cc1cccc3c1CN(C1CCC(=O)NC1=O)C3=O)C2. The van der Waals surface area contributed by atoms with Crippen LogP contribution in [0.25, 0.3) is 0 Å². The predicted molar refractivity (Wildman–Crippen MR) is 102 cm³/mol. The molecule has 148 valence electrons. The Kier molecular flexibility index (Phi) is 4.07. The zero-order valence-electron chi connectivity index (χ0n) is 15.9. The topological polar surface area (TPSA) is 95.7 Å². The van der Waals surface area contributed by atoms with Gasteiger partial charge in [0.05, 0.1) is 0 Å². The van der Waals surface area contributed by atoms with Crippen molar-refractivity contribution in [3.05, 3.63) is 34.9 Å². The van der Waals surface area contributed by atoms with Crippen molar-refractivity contribution in [1.82, 2.24) is 15.1 Å². The van der Waals surface area contributed by atoms with E-state index in [4.69, 9.17) is 5.73 Å². The molecule has 3 saturated heterocycles. The van der Waals surface area contributed by atoms with Gasteiger partial charge < -0.3 is 10.6 Å². The molecule has 1 atom stereocenters. The summed E-state index contributed by atoms with van der Waals surface area (Å²) in [7, 11) is 0. The lowest BCUT2D eigenvalue weighted by Crippen LogP contribution is -2.65. The van der Waals surface area contributed by atoms with Crippen LogP contribution in [0.5, 0.6) is 0 Å². The molecule has 0 spiro atoms. The van der Waals surface area contributed by atoms with Crippen LogP contribution in [0.15, 0.2) is 18.2 Å². The summed E-state index contributed by atoms with van der Waals surface area (Å²) in [5.41, 5.74) is 9.11. The van der Waals surface area contributed by atoms with Crippen molar-refractivity contribution in [3.8, 4) is 0 Å². The Bertz CT molecular complexity index is 861. The van der Waals surface area contributed by atoms with Gasteiger partial charge in [-0.25, -0.2) is 0 Å². The first kappa shape index (κ1) is 17.8. The Morgan fingerprint density at radius 2 is 2.00 bits per heavy atom. The molecule has 1 unspecified atom stereocenters. The maximum atomic E-state index is 13.0. The molecule has 0 radical (unpaired) electrons. The van der Waals surface area contributed by atoms with Crippen LogP contribution in [0.4, 0.5) is 0 Å². The van der Waals surface area contributed by atoms with Crippen LogP contribution in [-0.4, -0.2) is 52.2 Å². The number of nitrogens with zero attached hydrogens (tertiary/aromatic N) is 2. The third kappa shape index (κ3) is 2.60. The highest BCUT2D eigenvalue weighted by molar-refractivity contribution is 6.05. The van der Waals surface area contributed by atoms with Crippen molar-refractivity contribution in [1.29, 1.82) is 0 Å². The second-order valence-electron chi connectivity index (χ2n) is 8.76. The molecule has 1 aliphatic carbocycles. The molecular weight excluding hydrogens is 356 g/mol. The third-order valence-electron chi connectivity index (χ3n) is 7.24. The average Bonchev–Trinajstić information content (AvgIpc) is 2.99. The zero-order chi connectivity index (χ0) is 19.5. The van der Waals surface area contributed by atoms with Gasteiger partial charge in [-0.15, -0.1) is 0 Å². The number of hydrogen-bond donors (Lipinski definition) is 2. The summed E-state index contributed by atoms with van der Waals surface area (Å²) >= 11 is 0. The molecule has 4 heterocycles. The first-order valence-electron chi connectivity index (χ1n) is 10.2. The number of hydrogen-bond acceptors (Lipinski definition) is 5. The fourth-order valence-corrected chi connectivity index (χ4v) is 5.60. The molecule has 5 aliphatic rings. The van der Waals surface area contributed by atoms with Crippen LogP contribution in [0.3, 0.4) is 0 Å². The number of fused-ring (bicyclic) bond motifs is 3. The highest BCUT2D eigenvalue weighted by Crippen LogP contribution is 2.49. The lowest BCUT2D eigenvalue weighted by Gasteiger charge is -2.59. The molecular formula is C21H26N4O3. The molecule has 6 rings (SSSR count). The quantitative estimate of drug-likeness (QED) is 0.750. The minimum atomic E-state index is -0.566. The molecule has 1 aromatic carbocycles. The summed E-state index contributed by atoms with van der Waals surface area (Å²) in [5, 5.41) is 2.36. The Morgan fingerprint density at radius 3 is 2.75 bits per heavy atom. The first-order valence-corrected chi connectivity index (χ1v) is 10.2. The van der Waals surface area contributed by atoms with E-state index >= 15 is 0 Å². The lowest BCUT2D eigenvalue weighted by atomic mass is 9.62. The van der Waals surface area contributed by atoms with Crippen LogP contribution in [-0.2, 0) is 22.7 Å². The number of carbonyl (C=O) groups excluding carboxylic acids is 3. The van der Waals surface area contributed by atoms with Gasteiger partial charge in [0.25, 0.3) is 5.91 Å². The number of imide groups is 1. The summed E-state index contributed by atoms with van der Waals surface area (Å²) in [6.07, 6.45) is 4.25. The molecule has 1 saturated carbocycles. The monoisotopic (exact) mass is 382 g/mol. The molecule has 1 aromatic rings. The van der Waals surface area contributed by atoms with Gasteiger partial charge in [0.1, 0.15) is 6.04 Å². The number of nitrogens with one attached hydrogen (secondary N) is 1. The van der Waals surface area contributed by atoms with E-state index in [9.17, 15) is 14.4 Å². The third-order valence-corrected chi connectivity index (χ3v) is 7.24. The van der Waals surface area contributed by atoms with Crippen LogP contribution in [0.1, 0.15) is 53.6 Å². The number of nitrogens with two attached hydrogens (primary N) is 1. The molecule has 7 nitrogen and oxygen atoms in total. The normalized spacial score (nSPS) is 32.2. The first-order chi connectivity index (χ1) is 13.5. The minimum absolute atomic E-state index is 0.109. The van der Waals surface area contributed by atoms with Gasteiger partial charge in [-0.05, 0) is 55.3 Å². The minimum Gasteiger partial charge on any atom is -0.329 e. The molecule has 3 N–H and O–H groups in total. The van der Waals surface area contributed by atoms with E-state index in [0.29, 0.717) is 25.1 Å². The summed E-state index contributed by atoms with van der Waals surface area (Å²) in [6, 6.07) is 5.31. The summed E-state index contributed by atoms with van der Waals surface area (Å²) < 4.78 is 0. The Morgan fingerprint density at radius 1 is 1.18 bits per heavy atom. The average molecular weight is 382 g/mol. The van der Waals surface area contributed by atoms with Crippen molar-refractivity contribution < 1.29 is 14.4 Å². The number of rotatable bonds is 4. The fourth-order valence-electron chi connectivity index (χ4n) is 5.60. The number of amides is 3. The largest absolute Gasteiger partial charge is 0.329 e. The van der Waals surface area contributed by atoms with Crippen molar-refractivity contribution in [2.75, 3.05) is 13.1 Å². The van der Waals surface area contributed by atoms with E-state index in [1.54, 1.807) is 4.90 Å². The molecule has 2 bridgehead atoms. The van der Waals surface area contributed by atoms with Gasteiger partial charge in [0, 0.05) is 37.2 Å². The Hall–Kier alpha value is -2.25. The van der Waals surface area contributed by atoms with Crippen LogP contribution >= 0.6 is 0 Å². The maximum Gasteiger partial charge on any atom is 0.255 e. The maximum absolute atomic E-state index is 13.0. The number of benzene rings is 1. The van der Waals surface area contributed by atoms with Gasteiger partial charge in [-0.2, -0.15) is 0 Å². The van der Waals surface area contributed by atoms with E-state index in [1.807, 2.05) is 12.1 Å². The second-order valence-corrected chi connectivity index (χ2v) is 8.76. The molecule has 28 heavy (non-hydrogen) atoms. The molecule has 7 heteroatoms. The van der Waals surface area contributed by atoms with Gasteiger partial charge in [-0.1, -0.05) is 12.1 Å². The van der Waals surface area contributed by atoms with Crippen LogP contribution in [0.2, 0.25) is 0 Å². The lowest BCUT2D eigenvalue weighted by molar-refractivity contribution is -0.136. The van der Waals surface area contributed by atoms with Crippen LogP contribution < -0.4 is 11.1 Å². The van der Waals surface area contributed by atoms with Gasteiger partial charge >= 0.3 is 0 Å². The smallest absolute Gasteiger partial charge is 0.255 e. The van der Waals surface area contributed by atoms with Gasteiger partial charge in [0.2, 0.25) is 11.8 Å². The van der Waals surface area contributed by atoms with Crippen LogP contribution in [0, 0.1) is 5.92 Å². The van der Waals surface area contributed by atoms with Gasteiger partial charge in [-0.3, -0.25) is 24.6 Å². The molecule has 4 fully saturated rings. The Balaban J connectivity index is 1.39. The highest BCUT2D eigenvalue weighted by Gasteiger charge is 2.51. The van der Waals surface area contributed by atoms with E-state index in [0.717, 1.165) is 30.1 Å². The van der Waals surface area contributed by atoms with Gasteiger partial charge in [0.15, 0.2) is 0 Å². The molecule has 4 aliphatic heterocycles. The summed E-state index contributed by atoms with van der Waals surface area (Å²) in [6.45, 7) is 2.96. The van der Waals surface area contributed by atoms with Crippen molar-refractivity contribution >= 4 is 17.7 Å². The predicted octanol–water partition coefficient (Wildman–Crippen LogP) is 0.761. The fraction of sp³-hybridized carbons (Fsp3) is 0.571. The summed E-state index contributed by atoms with van der Waals surface area (Å²) in [4.78, 5) is 40.8. The molecule has 0 aromatic heterocycles. The highest BCUT2D eigenvalue weighted by atomic mass is 16.2. The summed E-state index contributed by atoms with van der Waals surface area (Å²) in [5.74, 6) is 0.0905. The van der Waals surface area contributed by atoms with E-state index in [2.05, 4.69) is 16.3 Å². The Labute approximate surface area is 164 Å². The zero-order valence-corrected chi connectivity index (χ0v) is 15.9. The van der Waals surface area contributed by atoms with Crippen molar-refractivity contribution in [2.45, 2.75) is 56.8 Å². The molecule has 3 amide bonds. The number of carbonyl (C=O) groups is 3. The van der Waals surface area contributed by atoms with Crippen molar-refractivity contribution in [3.63, 3.8) is 0 Å². The van der Waals surface area contributed by atoms with E-state index in [-0.39, 0.29) is 29.7 Å².